The molecule has 0 aliphatic rings. The molecule has 0 aliphatic heterocycles. The third-order valence-electron chi connectivity index (χ3n) is 2.83. The highest BCUT2D eigenvalue weighted by molar-refractivity contribution is 9.10. The number of nitrogens with one attached hydrogen (secondary N) is 2. The molecule has 0 saturated heterocycles. The van der Waals surface area contributed by atoms with Crippen LogP contribution in [0, 0.1) is 0 Å². The number of carbonyl (C=O) groups is 2. The molecule has 1 heterocycles. The summed E-state index contributed by atoms with van der Waals surface area (Å²) in [6.45, 7) is 6.35. The van der Waals surface area contributed by atoms with Gasteiger partial charge in [0, 0.05) is 6.54 Å². The molecule has 0 spiro atoms. The first-order valence-electron chi connectivity index (χ1n) is 6.41. The maximum atomic E-state index is 11.6. The van der Waals surface area contributed by atoms with Gasteiger partial charge < -0.3 is 15.7 Å². The zero-order chi connectivity index (χ0) is 15.3. The lowest BCUT2D eigenvalue weighted by Crippen LogP contribution is -2.44. The molecule has 0 bridgehead atoms. The Bertz CT molecular complexity index is 501. The molecule has 1 aromatic rings. The lowest BCUT2D eigenvalue weighted by Gasteiger charge is -2.11. The lowest BCUT2D eigenvalue weighted by atomic mass is 10.3. The van der Waals surface area contributed by atoms with E-state index in [9.17, 15) is 9.59 Å². The van der Waals surface area contributed by atoms with Gasteiger partial charge in [-0.2, -0.15) is 5.10 Å². The molecule has 112 valence electrons. The van der Waals surface area contributed by atoms with Crippen molar-refractivity contribution in [3.05, 3.63) is 15.9 Å². The number of carbonyl (C=O) groups excluding carboxylic acids is 1. The Kier molecular flexibility index (Phi) is 6.00. The van der Waals surface area contributed by atoms with Crippen molar-refractivity contribution >= 4 is 27.9 Å². The SMILES string of the molecule is CCc1nn(CC)c(CNC(=O)NC(C)C(=O)O)c1Br. The molecular weight excluding hydrogens is 328 g/mol. The van der Waals surface area contributed by atoms with Crippen LogP contribution in [0.15, 0.2) is 4.47 Å². The van der Waals surface area contributed by atoms with Crippen LogP contribution >= 0.6 is 15.9 Å². The van der Waals surface area contributed by atoms with Gasteiger partial charge in [-0.25, -0.2) is 4.79 Å². The van der Waals surface area contributed by atoms with Crippen LogP contribution in [0.5, 0.6) is 0 Å². The van der Waals surface area contributed by atoms with E-state index in [1.807, 2.05) is 18.5 Å². The Morgan fingerprint density at radius 3 is 2.60 bits per heavy atom. The molecule has 0 fully saturated rings. The Balaban J connectivity index is 2.68. The Morgan fingerprint density at radius 2 is 2.10 bits per heavy atom. The number of urea groups is 1. The summed E-state index contributed by atoms with van der Waals surface area (Å²) < 4.78 is 2.69. The predicted octanol–water partition coefficient (Wildman–Crippen LogP) is 1.50. The number of aliphatic carboxylic acids is 1. The van der Waals surface area contributed by atoms with E-state index in [1.165, 1.54) is 6.92 Å². The van der Waals surface area contributed by atoms with E-state index >= 15 is 0 Å². The number of hydrogen-bond acceptors (Lipinski definition) is 3. The van der Waals surface area contributed by atoms with Crippen LogP contribution in [0.2, 0.25) is 0 Å². The second kappa shape index (κ2) is 7.28. The van der Waals surface area contributed by atoms with Crippen molar-refractivity contribution in [3.63, 3.8) is 0 Å². The standard InChI is InChI=1S/C12H19BrN4O3/c1-4-8-10(13)9(17(5-2)16-8)6-14-12(20)15-7(3)11(18)19/h7H,4-6H2,1-3H3,(H,18,19)(H2,14,15,20). The highest BCUT2D eigenvalue weighted by atomic mass is 79.9. The molecule has 2 amide bonds. The van der Waals surface area contributed by atoms with Gasteiger partial charge in [-0.05, 0) is 36.2 Å². The fourth-order valence-electron chi connectivity index (χ4n) is 1.66. The van der Waals surface area contributed by atoms with Crippen molar-refractivity contribution in [2.45, 2.75) is 46.3 Å². The molecule has 0 aliphatic carbocycles. The first kappa shape index (κ1) is 16.5. The van der Waals surface area contributed by atoms with Crippen molar-refractivity contribution in [1.29, 1.82) is 0 Å². The Morgan fingerprint density at radius 1 is 1.45 bits per heavy atom. The molecule has 1 aromatic heterocycles. The Hall–Kier alpha value is -1.57. The minimum absolute atomic E-state index is 0.277. The minimum Gasteiger partial charge on any atom is -0.480 e. The van der Waals surface area contributed by atoms with Gasteiger partial charge in [0.1, 0.15) is 6.04 Å². The van der Waals surface area contributed by atoms with Crippen LogP contribution in [0.25, 0.3) is 0 Å². The summed E-state index contributed by atoms with van der Waals surface area (Å²) in [5.74, 6) is -1.08. The zero-order valence-corrected chi connectivity index (χ0v) is 13.3. The molecular formula is C12H19BrN4O3. The number of rotatable bonds is 6. The van der Waals surface area contributed by atoms with Crippen LogP contribution in [-0.2, 0) is 24.3 Å². The van der Waals surface area contributed by atoms with Crippen LogP contribution in [0.3, 0.4) is 0 Å². The first-order valence-corrected chi connectivity index (χ1v) is 7.21. The first-order chi connectivity index (χ1) is 9.40. The maximum absolute atomic E-state index is 11.6. The molecule has 1 unspecified atom stereocenters. The topological polar surface area (TPSA) is 96.3 Å². The van der Waals surface area contributed by atoms with Gasteiger partial charge in [0.25, 0.3) is 0 Å². The fraction of sp³-hybridized carbons (Fsp3) is 0.583. The van der Waals surface area contributed by atoms with E-state index in [2.05, 4.69) is 31.7 Å². The van der Waals surface area contributed by atoms with Gasteiger partial charge >= 0.3 is 12.0 Å². The van der Waals surface area contributed by atoms with Crippen LogP contribution in [-0.4, -0.2) is 32.9 Å². The maximum Gasteiger partial charge on any atom is 0.325 e. The number of hydrogen-bond donors (Lipinski definition) is 3. The number of carboxylic acid groups (broad SMARTS) is 1. The minimum atomic E-state index is -1.08. The zero-order valence-electron chi connectivity index (χ0n) is 11.7. The van der Waals surface area contributed by atoms with Crippen molar-refractivity contribution in [2.75, 3.05) is 0 Å². The third-order valence-corrected chi connectivity index (χ3v) is 3.74. The van der Waals surface area contributed by atoms with Crippen molar-refractivity contribution in [2.24, 2.45) is 0 Å². The molecule has 7 nitrogen and oxygen atoms in total. The second-order valence-corrected chi connectivity index (χ2v) is 5.06. The number of nitrogens with zero attached hydrogens (tertiary/aromatic N) is 2. The van der Waals surface area contributed by atoms with E-state index in [1.54, 1.807) is 0 Å². The summed E-state index contributed by atoms with van der Waals surface area (Å²) in [7, 11) is 0. The highest BCUT2D eigenvalue weighted by Crippen LogP contribution is 2.22. The number of amides is 2. The predicted molar refractivity (Wildman–Crippen MR) is 77.4 cm³/mol. The van der Waals surface area contributed by atoms with E-state index in [4.69, 9.17) is 5.11 Å². The molecule has 1 rings (SSSR count). The summed E-state index contributed by atoms with van der Waals surface area (Å²) >= 11 is 3.48. The van der Waals surface area contributed by atoms with Gasteiger partial charge in [-0.3, -0.25) is 9.48 Å². The Labute approximate surface area is 125 Å². The molecule has 0 saturated carbocycles. The van der Waals surface area contributed by atoms with Crippen LogP contribution < -0.4 is 10.6 Å². The molecule has 3 N–H and O–H groups in total. The highest BCUT2D eigenvalue weighted by Gasteiger charge is 2.16. The average molecular weight is 347 g/mol. The third kappa shape index (κ3) is 3.96. The fourth-order valence-corrected chi connectivity index (χ4v) is 2.36. The molecule has 0 radical (unpaired) electrons. The monoisotopic (exact) mass is 346 g/mol. The van der Waals surface area contributed by atoms with Crippen LogP contribution in [0.4, 0.5) is 4.79 Å². The largest absolute Gasteiger partial charge is 0.480 e. The van der Waals surface area contributed by atoms with Crippen LogP contribution in [0.1, 0.15) is 32.2 Å². The summed E-state index contributed by atoms with van der Waals surface area (Å²) in [5.41, 5.74) is 1.80. The van der Waals surface area contributed by atoms with Gasteiger partial charge in [0.15, 0.2) is 0 Å². The van der Waals surface area contributed by atoms with Crippen molar-refractivity contribution in [3.8, 4) is 0 Å². The molecule has 0 aromatic carbocycles. The summed E-state index contributed by atoms with van der Waals surface area (Å²) in [6.07, 6.45) is 0.794. The average Bonchev–Trinajstić information content (AvgIpc) is 2.72. The second-order valence-electron chi connectivity index (χ2n) is 4.26. The van der Waals surface area contributed by atoms with Gasteiger partial charge in [0.2, 0.25) is 0 Å². The van der Waals surface area contributed by atoms with Crippen molar-refractivity contribution < 1.29 is 14.7 Å². The van der Waals surface area contributed by atoms with E-state index in [0.717, 1.165) is 22.3 Å². The summed E-state index contributed by atoms with van der Waals surface area (Å²) in [4.78, 5) is 22.2. The van der Waals surface area contributed by atoms with E-state index in [-0.39, 0.29) is 6.54 Å². The van der Waals surface area contributed by atoms with E-state index < -0.39 is 18.0 Å². The number of halogens is 1. The van der Waals surface area contributed by atoms with E-state index in [0.29, 0.717) is 6.54 Å². The smallest absolute Gasteiger partial charge is 0.325 e. The number of aromatic nitrogens is 2. The summed E-state index contributed by atoms with van der Waals surface area (Å²) in [5, 5.41) is 18.1. The molecule has 20 heavy (non-hydrogen) atoms. The number of carboxylic acids is 1. The normalized spacial score (nSPS) is 12.0. The quantitative estimate of drug-likeness (QED) is 0.727. The van der Waals surface area contributed by atoms with Crippen molar-refractivity contribution in [1.82, 2.24) is 20.4 Å². The molecule has 8 heteroatoms. The lowest BCUT2D eigenvalue weighted by molar-refractivity contribution is -0.138. The number of aryl methyl sites for hydroxylation is 2. The molecule has 1 atom stereocenters. The van der Waals surface area contributed by atoms with Gasteiger partial charge in [-0.1, -0.05) is 6.92 Å². The van der Waals surface area contributed by atoms with Gasteiger partial charge in [0.05, 0.1) is 22.4 Å². The summed E-state index contributed by atoms with van der Waals surface area (Å²) in [6, 6.07) is -1.45. The van der Waals surface area contributed by atoms with Gasteiger partial charge in [-0.15, -0.1) is 0 Å².